The number of ether oxygens (including phenoxy) is 2. The fourth-order valence-electron chi connectivity index (χ4n) is 8.06. The van der Waals surface area contributed by atoms with Crippen molar-refractivity contribution >= 4 is 45.1 Å². The molecule has 0 spiro atoms. The molecule has 4 heterocycles. The van der Waals surface area contributed by atoms with Crippen molar-refractivity contribution in [1.82, 2.24) is 14.8 Å². The van der Waals surface area contributed by atoms with Gasteiger partial charge in [-0.1, -0.05) is 35.9 Å². The van der Waals surface area contributed by atoms with Gasteiger partial charge in [0.05, 0.1) is 21.8 Å². The molecule has 264 valence electrons. The van der Waals surface area contributed by atoms with Crippen LogP contribution in [0.3, 0.4) is 0 Å². The summed E-state index contributed by atoms with van der Waals surface area (Å²) in [7, 11) is 0. The first kappa shape index (κ1) is 34.7. The minimum atomic E-state index is -0.721. The molecule has 3 aliphatic rings. The van der Waals surface area contributed by atoms with Gasteiger partial charge in [0.25, 0.3) is 0 Å². The molecule has 3 aliphatic heterocycles. The van der Waals surface area contributed by atoms with Gasteiger partial charge in [0.15, 0.2) is 0 Å². The Bertz CT molecular complexity index is 2110. The molecule has 12 heteroatoms. The summed E-state index contributed by atoms with van der Waals surface area (Å²) < 4.78 is 43.3. The van der Waals surface area contributed by atoms with Crippen molar-refractivity contribution in [2.75, 3.05) is 50.8 Å². The maximum atomic E-state index is 16.5. The second kappa shape index (κ2) is 13.4. The van der Waals surface area contributed by atoms with Crippen LogP contribution in [0.5, 0.6) is 5.88 Å². The van der Waals surface area contributed by atoms with Gasteiger partial charge in [-0.15, -0.1) is 0 Å². The average Bonchev–Trinajstić information content (AvgIpc) is 3.68. The molecule has 3 fully saturated rings. The first-order chi connectivity index (χ1) is 24.4. The summed E-state index contributed by atoms with van der Waals surface area (Å²) in [5.41, 5.74) is 0.700. The Morgan fingerprint density at radius 2 is 1.86 bits per heavy atom. The molecule has 3 saturated heterocycles. The summed E-state index contributed by atoms with van der Waals surface area (Å²) in [6.07, 6.45) is 3.62. The normalized spacial score (nSPS) is 18.9. The molecule has 0 N–H and O–H groups in total. The van der Waals surface area contributed by atoms with Crippen molar-refractivity contribution in [3.05, 3.63) is 76.1 Å². The van der Waals surface area contributed by atoms with Crippen LogP contribution in [0.1, 0.15) is 52.0 Å². The fourth-order valence-corrected chi connectivity index (χ4v) is 8.34. The Hall–Kier alpha value is -4.71. The van der Waals surface area contributed by atoms with E-state index in [9.17, 15) is 14.4 Å². The Morgan fingerprint density at radius 1 is 1.10 bits per heavy atom. The van der Waals surface area contributed by atoms with E-state index in [1.807, 2.05) is 4.90 Å². The number of carbonyl (C=O) groups is 1. The van der Waals surface area contributed by atoms with E-state index in [1.54, 1.807) is 56.0 Å². The van der Waals surface area contributed by atoms with Crippen LogP contribution in [-0.4, -0.2) is 83.9 Å². The highest BCUT2D eigenvalue weighted by molar-refractivity contribution is 6.37. The molecule has 0 radical (unpaired) electrons. The molecule has 4 aromatic rings. The highest BCUT2D eigenvalue weighted by atomic mass is 35.5. The van der Waals surface area contributed by atoms with Crippen molar-refractivity contribution in [3.63, 3.8) is 0 Å². The Morgan fingerprint density at radius 3 is 2.57 bits per heavy atom. The third-order valence-electron chi connectivity index (χ3n) is 10.4. The number of hydrogen-bond acceptors (Lipinski definition) is 7. The van der Waals surface area contributed by atoms with Gasteiger partial charge in [0.1, 0.15) is 41.5 Å². The number of piperazine rings is 1. The number of rotatable bonds is 6. The molecule has 1 atom stereocenters. The molecule has 9 nitrogen and oxygen atoms in total. The maximum absolute atomic E-state index is 16.5. The van der Waals surface area contributed by atoms with Crippen LogP contribution in [-0.2, 0) is 4.74 Å². The third kappa shape index (κ3) is 6.39. The summed E-state index contributed by atoms with van der Waals surface area (Å²) >= 11 is 6.46. The SMILES string of the molecule is [C-]#[N+]C[C@H]1CN(c2c(C#N)c(OCC34CCCN3CCC4)nc3cc(-c4cccc5ccc(F)c(Cl)c45)c(F)cc23)CCN1C(=O)OC(C)(C)C. The number of carbonyl (C=O) groups excluding carboxylic acids is 1. The number of halogens is 3. The van der Waals surface area contributed by atoms with E-state index in [0.717, 1.165) is 38.8 Å². The number of hydrogen-bond donors (Lipinski definition) is 0. The topological polar surface area (TPSA) is 86.3 Å². The van der Waals surface area contributed by atoms with Gasteiger partial charge in [0.2, 0.25) is 12.4 Å². The summed E-state index contributed by atoms with van der Waals surface area (Å²) in [5, 5.41) is 12.0. The molecule has 0 aliphatic carbocycles. The van der Waals surface area contributed by atoms with Crippen molar-refractivity contribution in [2.24, 2.45) is 0 Å². The molecule has 1 amide bonds. The van der Waals surface area contributed by atoms with Gasteiger partial charge in [-0.2, -0.15) is 5.26 Å². The predicted molar refractivity (Wildman–Crippen MR) is 193 cm³/mol. The molecular formula is C39H39ClF2N6O3. The maximum Gasteiger partial charge on any atom is 0.410 e. The van der Waals surface area contributed by atoms with Crippen LogP contribution >= 0.6 is 11.6 Å². The van der Waals surface area contributed by atoms with E-state index < -0.39 is 29.4 Å². The number of nitriles is 1. The number of nitrogens with zero attached hydrogens (tertiary/aromatic N) is 6. The third-order valence-corrected chi connectivity index (χ3v) is 10.7. The lowest BCUT2D eigenvalue weighted by atomic mass is 9.95. The molecule has 0 saturated carbocycles. The number of aromatic nitrogens is 1. The summed E-state index contributed by atoms with van der Waals surface area (Å²) in [5.74, 6) is -1.07. The zero-order valence-corrected chi connectivity index (χ0v) is 29.7. The monoisotopic (exact) mass is 712 g/mol. The minimum Gasteiger partial charge on any atom is -0.475 e. The smallest absolute Gasteiger partial charge is 0.410 e. The highest BCUT2D eigenvalue weighted by Gasteiger charge is 2.45. The van der Waals surface area contributed by atoms with Crippen LogP contribution in [0.2, 0.25) is 5.02 Å². The lowest BCUT2D eigenvalue weighted by molar-refractivity contribution is 0.0156. The number of amides is 1. The standard InChI is InChI=1S/C39H39ClF2N6O3/c1-38(2,3)51-37(49)48-17-16-46(22-25(48)21-44-4)35-28-18-31(42)27(26-9-5-8-24-10-11-30(41)34(40)33(24)26)19-32(28)45-36(29(35)20-43)50-23-39-12-6-14-47(39)15-7-13-39/h5,8-11,18-19,25H,6-7,12-17,21-23H2,1-3H3/t25-/m0/s1. The van der Waals surface area contributed by atoms with Crippen LogP contribution in [0.4, 0.5) is 19.3 Å². The number of anilines is 1. The number of pyridine rings is 1. The number of fused-ring (bicyclic) bond motifs is 3. The molecular weight excluding hydrogens is 674 g/mol. The molecule has 0 bridgehead atoms. The van der Waals surface area contributed by atoms with E-state index in [4.69, 9.17) is 32.6 Å². The molecule has 0 unspecified atom stereocenters. The van der Waals surface area contributed by atoms with Crippen molar-refractivity contribution in [1.29, 1.82) is 5.26 Å². The molecule has 1 aromatic heterocycles. The van der Waals surface area contributed by atoms with Gasteiger partial charge in [-0.05, 0) is 88.7 Å². The first-order valence-corrected chi connectivity index (χ1v) is 17.7. The Kier molecular flexibility index (Phi) is 9.15. The first-order valence-electron chi connectivity index (χ1n) is 17.3. The van der Waals surface area contributed by atoms with Crippen molar-refractivity contribution in [2.45, 2.75) is 63.6 Å². The zero-order valence-electron chi connectivity index (χ0n) is 28.9. The number of benzene rings is 3. The minimum absolute atomic E-state index is 0.0132. The second-order valence-electron chi connectivity index (χ2n) is 14.7. The van der Waals surface area contributed by atoms with Crippen LogP contribution in [0.25, 0.3) is 37.6 Å². The average molecular weight is 713 g/mol. The lowest BCUT2D eigenvalue weighted by Crippen LogP contribution is -2.57. The second-order valence-corrected chi connectivity index (χ2v) is 15.1. The predicted octanol–water partition coefficient (Wildman–Crippen LogP) is 8.21. The molecule has 51 heavy (non-hydrogen) atoms. The van der Waals surface area contributed by atoms with E-state index in [-0.39, 0.29) is 47.2 Å². The van der Waals surface area contributed by atoms with Gasteiger partial charge >= 0.3 is 6.09 Å². The fraction of sp³-hybridized carbons (Fsp3) is 0.436. The zero-order chi connectivity index (χ0) is 36.1. The van der Waals surface area contributed by atoms with Crippen molar-refractivity contribution in [3.8, 4) is 23.1 Å². The highest BCUT2D eigenvalue weighted by Crippen LogP contribution is 2.43. The van der Waals surface area contributed by atoms with Crippen LogP contribution < -0.4 is 9.64 Å². The van der Waals surface area contributed by atoms with Gasteiger partial charge in [0, 0.05) is 36.0 Å². The summed E-state index contributed by atoms with van der Waals surface area (Å²) in [6, 6.07) is 12.8. The van der Waals surface area contributed by atoms with Gasteiger partial charge in [-0.25, -0.2) is 25.1 Å². The largest absolute Gasteiger partial charge is 0.475 e. The summed E-state index contributed by atoms with van der Waals surface area (Å²) in [6.45, 7) is 16.1. The van der Waals surface area contributed by atoms with E-state index in [2.05, 4.69) is 15.8 Å². The summed E-state index contributed by atoms with van der Waals surface area (Å²) in [4.78, 5) is 27.6. The van der Waals surface area contributed by atoms with E-state index in [0.29, 0.717) is 46.1 Å². The van der Waals surface area contributed by atoms with Crippen molar-refractivity contribution < 1.29 is 23.0 Å². The Balaban J connectivity index is 1.37. The van der Waals surface area contributed by atoms with Crippen LogP contribution in [0, 0.1) is 29.5 Å². The van der Waals surface area contributed by atoms with Gasteiger partial charge in [-0.3, -0.25) is 9.80 Å². The molecule has 7 rings (SSSR count). The Labute approximate surface area is 301 Å². The van der Waals surface area contributed by atoms with E-state index in [1.165, 1.54) is 12.1 Å². The van der Waals surface area contributed by atoms with E-state index >= 15 is 4.39 Å². The molecule has 3 aromatic carbocycles. The lowest BCUT2D eigenvalue weighted by Gasteiger charge is -2.41. The van der Waals surface area contributed by atoms with Crippen LogP contribution in [0.15, 0.2) is 42.5 Å². The van der Waals surface area contributed by atoms with Gasteiger partial charge < -0.3 is 19.2 Å². The quantitative estimate of drug-likeness (QED) is 0.186.